The van der Waals surface area contributed by atoms with E-state index in [0.717, 1.165) is 0 Å². The van der Waals surface area contributed by atoms with Crippen molar-refractivity contribution in [1.82, 2.24) is 0 Å². The third-order valence-electron chi connectivity index (χ3n) is 2.92. The molecule has 26 heavy (non-hydrogen) atoms. The van der Waals surface area contributed by atoms with E-state index in [1.54, 1.807) is 0 Å². The van der Waals surface area contributed by atoms with Crippen LogP contribution in [-0.2, 0) is 36.1 Å². The van der Waals surface area contributed by atoms with Gasteiger partial charge in [-0.25, -0.2) is 9.59 Å². The average Bonchev–Trinajstić information content (AvgIpc) is 2.98. The molecule has 2 heterocycles. The van der Waals surface area contributed by atoms with E-state index in [1.807, 2.05) is 0 Å². The van der Waals surface area contributed by atoms with E-state index in [2.05, 4.69) is 9.47 Å². The van der Waals surface area contributed by atoms with Crippen molar-refractivity contribution in [1.29, 1.82) is 0 Å². The third kappa shape index (κ3) is 5.47. The molecule has 0 aromatic carbocycles. The molecule has 0 aromatic heterocycles. The average molecular weight is 424 g/mol. The van der Waals surface area contributed by atoms with E-state index in [-0.39, 0.29) is 22.5 Å². The fourth-order valence-corrected chi connectivity index (χ4v) is 1.63. The van der Waals surface area contributed by atoms with Crippen LogP contribution in [0, 0.1) is 0 Å². The van der Waals surface area contributed by atoms with Crippen LogP contribution in [0.25, 0.3) is 0 Å². The molecule has 4 atom stereocenters. The Morgan fingerprint density at radius 3 is 1.27 bits per heavy atom. The molecule has 8 N–H and O–H groups in total. The molecule has 14 heteroatoms. The topological polar surface area (TPSA) is 252 Å². The molecule has 2 rings (SSSR count). The molecule has 2 aliphatic heterocycles. The van der Waals surface area contributed by atoms with E-state index in [1.165, 1.54) is 0 Å². The molecule has 0 saturated heterocycles. The van der Waals surface area contributed by atoms with Gasteiger partial charge in [-0.15, -0.1) is 0 Å². The molecule has 0 radical (unpaired) electrons. The molecule has 0 saturated carbocycles. The molecule has 0 unspecified atom stereocenters. The maximum Gasteiger partial charge on any atom is 2.00 e. The Kier molecular flexibility index (Phi) is 10.9. The number of cyclic esters (lactones) is 2. The summed E-state index contributed by atoms with van der Waals surface area (Å²) in [5, 5.41) is 73.5. The molecule has 0 spiro atoms. The van der Waals surface area contributed by atoms with Crippen molar-refractivity contribution < 1.29 is 82.5 Å². The minimum absolute atomic E-state index is 0. The van der Waals surface area contributed by atoms with Gasteiger partial charge in [0.15, 0.2) is 12.2 Å². The Labute approximate surface area is 155 Å². The van der Waals surface area contributed by atoms with E-state index in [9.17, 15) is 19.8 Å². The van der Waals surface area contributed by atoms with Gasteiger partial charge in [-0.2, -0.15) is 0 Å². The van der Waals surface area contributed by atoms with Gasteiger partial charge in [0.25, 0.3) is 0 Å². The fraction of sp³-hybridized carbons (Fsp3) is 0.500. The molecular weight excluding hydrogens is 408 g/mol. The van der Waals surface area contributed by atoms with Crippen molar-refractivity contribution >= 4 is 11.9 Å². The Morgan fingerprint density at radius 1 is 0.846 bits per heavy atom. The molecule has 0 aliphatic carbocycles. The number of hydrogen-bond acceptors (Lipinski definition) is 12. The van der Waals surface area contributed by atoms with Crippen LogP contribution >= 0.6 is 0 Å². The van der Waals surface area contributed by atoms with Gasteiger partial charge in [-0.3, -0.25) is 0 Å². The van der Waals surface area contributed by atoms with Crippen molar-refractivity contribution in [2.24, 2.45) is 0 Å². The standard InChI is InChI=1S/2C6H8O6.Fe.H2O/c2*7-1-2(8)5-3(9)4(10)6(11)12-5;;/h2*2,5,7-10H,1H2;;1H2/q;;+2;/p-2/t2*2-,5+;;/m00../s1. The van der Waals surface area contributed by atoms with Crippen molar-refractivity contribution in [2.75, 3.05) is 13.2 Å². The van der Waals surface area contributed by atoms with Crippen LogP contribution in [0.15, 0.2) is 23.0 Å². The first-order valence-electron chi connectivity index (χ1n) is 6.35. The Bertz CT molecular complexity index is 521. The molecule has 2 aliphatic rings. The van der Waals surface area contributed by atoms with Crippen molar-refractivity contribution in [3.8, 4) is 0 Å². The van der Waals surface area contributed by atoms with Gasteiger partial charge in [0.05, 0.1) is 13.2 Å². The summed E-state index contributed by atoms with van der Waals surface area (Å²) in [4.78, 5) is 20.9. The molecule has 13 nitrogen and oxygen atoms in total. The summed E-state index contributed by atoms with van der Waals surface area (Å²) >= 11 is 0. The third-order valence-corrected chi connectivity index (χ3v) is 2.92. The van der Waals surface area contributed by atoms with E-state index in [4.69, 9.17) is 30.6 Å². The van der Waals surface area contributed by atoms with Crippen LogP contribution in [0.1, 0.15) is 0 Å². The summed E-state index contributed by atoms with van der Waals surface area (Å²) in [6.07, 6.45) is -5.76. The van der Waals surface area contributed by atoms with Gasteiger partial charge in [0.2, 0.25) is 0 Å². The first-order valence-corrected chi connectivity index (χ1v) is 6.35. The summed E-state index contributed by atoms with van der Waals surface area (Å²) in [6.45, 7) is -1.40. The number of hydrogen-bond donors (Lipinski definition) is 6. The van der Waals surface area contributed by atoms with Crippen molar-refractivity contribution in [2.45, 2.75) is 24.4 Å². The van der Waals surface area contributed by atoms with Crippen molar-refractivity contribution in [3.63, 3.8) is 0 Å². The fourth-order valence-electron chi connectivity index (χ4n) is 1.63. The molecule has 0 aromatic rings. The van der Waals surface area contributed by atoms with Crippen LogP contribution < -0.4 is 10.2 Å². The maximum absolute atomic E-state index is 10.6. The zero-order valence-electron chi connectivity index (χ0n) is 12.7. The van der Waals surface area contributed by atoms with Crippen molar-refractivity contribution in [3.05, 3.63) is 23.0 Å². The summed E-state index contributed by atoms with van der Waals surface area (Å²) < 4.78 is 8.51. The SMILES string of the molecule is O.O=C1O[C@H]([C@@H](O)CO)C(O)=C1[O-].O=C1O[C@H]([C@@H](O)CO)C(O)=C1[O-].[Fe+2]. The smallest absolute Gasteiger partial charge is 0.865 e. The number of rotatable bonds is 4. The first-order chi connectivity index (χ1) is 11.1. The predicted octanol–water partition coefficient (Wildman–Crippen LogP) is -6.04. The minimum atomic E-state index is -1.46. The summed E-state index contributed by atoms with van der Waals surface area (Å²) in [5.41, 5.74) is 0. The summed E-state index contributed by atoms with van der Waals surface area (Å²) in [6, 6.07) is 0. The predicted molar refractivity (Wildman–Crippen MR) is 68.9 cm³/mol. The van der Waals surface area contributed by atoms with Gasteiger partial charge in [-0.1, -0.05) is 0 Å². The molecule has 150 valence electrons. The van der Waals surface area contributed by atoms with Gasteiger partial charge in [0.1, 0.15) is 23.7 Å². The van der Waals surface area contributed by atoms with Crippen LogP contribution in [0.2, 0.25) is 0 Å². The second-order valence-electron chi connectivity index (χ2n) is 4.58. The summed E-state index contributed by atoms with van der Waals surface area (Å²) in [5.74, 6) is -6.50. The van der Waals surface area contributed by atoms with Gasteiger partial charge in [-0.05, 0) is 0 Å². The van der Waals surface area contributed by atoms with Crippen LogP contribution in [0.4, 0.5) is 0 Å². The van der Waals surface area contributed by atoms with Crippen LogP contribution in [0.5, 0.6) is 0 Å². The van der Waals surface area contributed by atoms with Gasteiger partial charge in [0, 0.05) is 11.5 Å². The molecule has 0 amide bonds. The zero-order valence-corrected chi connectivity index (χ0v) is 13.8. The van der Waals surface area contributed by atoms with Crippen LogP contribution in [-0.4, -0.2) is 85.7 Å². The second kappa shape index (κ2) is 10.8. The number of aliphatic hydroxyl groups is 6. The molecule has 0 fully saturated rings. The molecular formula is C12H16FeO13. The normalized spacial score (nSPS) is 23.8. The largest absolute Gasteiger partial charge is 2.00 e. The van der Waals surface area contributed by atoms with E-state index < -0.39 is 72.6 Å². The number of aliphatic hydroxyl groups excluding tert-OH is 6. The number of ether oxygens (including phenoxy) is 2. The quantitative estimate of drug-likeness (QED) is 0.182. The van der Waals surface area contributed by atoms with Gasteiger partial charge < -0.3 is 55.8 Å². The number of carbonyl (C=O) groups is 2. The maximum atomic E-state index is 10.6. The Balaban J connectivity index is 0. The zero-order chi connectivity index (χ0) is 18.6. The minimum Gasteiger partial charge on any atom is -0.865 e. The summed E-state index contributed by atoms with van der Waals surface area (Å²) in [7, 11) is 0. The van der Waals surface area contributed by atoms with Gasteiger partial charge >= 0.3 is 29.0 Å². The monoisotopic (exact) mass is 424 g/mol. The molecule has 0 bridgehead atoms. The van der Waals surface area contributed by atoms with E-state index >= 15 is 0 Å². The van der Waals surface area contributed by atoms with Crippen LogP contribution in [0.3, 0.4) is 0 Å². The second-order valence-corrected chi connectivity index (χ2v) is 4.58. The Hall–Kier alpha value is -2.06. The Morgan fingerprint density at radius 2 is 1.12 bits per heavy atom. The van der Waals surface area contributed by atoms with E-state index in [0.29, 0.717) is 0 Å². The first kappa shape index (κ1) is 26.2. The number of carbonyl (C=O) groups excluding carboxylic acids is 2. The number of esters is 2.